The number of aliphatic imine (C=N–C) groups is 3. The Morgan fingerprint density at radius 3 is 1.42 bits per heavy atom. The molecular formula is C66H99N21O14S. The number of rotatable bonds is 44. The molecule has 1 fully saturated rings. The van der Waals surface area contributed by atoms with Gasteiger partial charge in [0.05, 0.1) is 25.7 Å². The zero-order valence-electron chi connectivity index (χ0n) is 57.5. The first-order valence-corrected chi connectivity index (χ1v) is 34.7. The van der Waals surface area contributed by atoms with Crippen LogP contribution < -0.4 is 93.3 Å². The molecule has 9 unspecified atom stereocenters. The van der Waals surface area contributed by atoms with Gasteiger partial charge >= 0.3 is 5.97 Å². The summed E-state index contributed by atoms with van der Waals surface area (Å²) in [6.07, 6.45) is 2.43. The molecule has 558 valence electrons. The first-order valence-electron chi connectivity index (χ1n) is 33.3. The molecule has 1 heterocycles. The number of carboxylic acids is 1. The summed E-state index contributed by atoms with van der Waals surface area (Å²) in [6, 6.07) is 11.7. The van der Waals surface area contributed by atoms with Gasteiger partial charge in [0.2, 0.25) is 65.0 Å². The van der Waals surface area contributed by atoms with Crippen molar-refractivity contribution < 1.29 is 67.7 Å². The summed E-state index contributed by atoms with van der Waals surface area (Å²) < 4.78 is 0. The predicted octanol–water partition coefficient (Wildman–Crippen LogP) is -4.86. The van der Waals surface area contributed by atoms with Crippen molar-refractivity contribution in [3.63, 3.8) is 0 Å². The molecule has 4 rings (SSSR count). The molecule has 0 spiro atoms. The summed E-state index contributed by atoms with van der Waals surface area (Å²) >= 11 is 1.34. The summed E-state index contributed by atoms with van der Waals surface area (Å²) in [5, 5.41) is 45.4. The second-order valence-corrected chi connectivity index (χ2v) is 25.4. The number of thioether (sulfide) groups is 1. The van der Waals surface area contributed by atoms with E-state index in [2.05, 4.69) is 68.1 Å². The number of guanidine groups is 3. The van der Waals surface area contributed by atoms with Crippen LogP contribution in [0, 0.1) is 5.92 Å². The van der Waals surface area contributed by atoms with Gasteiger partial charge in [0, 0.05) is 39.0 Å². The van der Waals surface area contributed by atoms with Crippen LogP contribution in [0.3, 0.4) is 0 Å². The molecule has 1 aliphatic heterocycles. The zero-order valence-corrected chi connectivity index (χ0v) is 58.3. The summed E-state index contributed by atoms with van der Waals surface area (Å²) in [7, 11) is 0. The minimum Gasteiger partial charge on any atom is -0.508 e. The molecule has 35 nitrogen and oxygen atoms in total. The first-order chi connectivity index (χ1) is 48.5. The van der Waals surface area contributed by atoms with Crippen molar-refractivity contribution in [2.24, 2.45) is 61.0 Å². The third-order valence-corrected chi connectivity index (χ3v) is 16.6. The Kier molecular flexibility index (Phi) is 36.4. The average molecular weight is 1440 g/mol. The molecule has 0 radical (unpaired) electrons. The number of nitrogens with one attached hydrogen (secondary N) is 10. The maximum Gasteiger partial charge on any atom is 0.326 e. The van der Waals surface area contributed by atoms with Gasteiger partial charge in [-0.25, -0.2) is 4.79 Å². The molecule has 0 bridgehead atoms. The van der Waals surface area contributed by atoms with Crippen LogP contribution in [0.15, 0.2) is 99.9 Å². The molecule has 0 saturated carbocycles. The van der Waals surface area contributed by atoms with E-state index in [9.17, 15) is 67.7 Å². The van der Waals surface area contributed by atoms with Crippen molar-refractivity contribution in [1.82, 2.24) is 58.1 Å². The van der Waals surface area contributed by atoms with Gasteiger partial charge in [-0.1, -0.05) is 86.6 Å². The normalized spacial score (nSPS) is 14.7. The van der Waals surface area contributed by atoms with Gasteiger partial charge in [-0.3, -0.25) is 67.7 Å². The first kappa shape index (κ1) is 83.6. The number of amides is 11. The van der Waals surface area contributed by atoms with E-state index in [4.69, 9.17) is 40.1 Å². The molecule has 1 saturated heterocycles. The highest BCUT2D eigenvalue weighted by molar-refractivity contribution is 7.98. The van der Waals surface area contributed by atoms with Gasteiger partial charge in [0.1, 0.15) is 54.1 Å². The minimum atomic E-state index is -1.44. The Morgan fingerprint density at radius 2 is 0.931 bits per heavy atom. The number of carboxylic acid groups (broad SMARTS) is 1. The Morgan fingerprint density at radius 1 is 0.500 bits per heavy atom. The van der Waals surface area contributed by atoms with Crippen LogP contribution in [-0.2, 0) is 76.8 Å². The van der Waals surface area contributed by atoms with Crippen molar-refractivity contribution >= 4 is 101 Å². The number of hydrogen-bond donors (Lipinski definition) is 19. The standard InChI is InChI=1S/C66H99N21O14S/c1-38(2)54(61(98)79-37-53(91)80-47(20-12-29-76-66(72)73)62(99)87-30-13-21-50(87)60(97)85-49(63(100)101)34-40-16-8-5-9-17-40)86-58(95)45(19-11-28-75-65(70)71)83-56(93)44(18-10-27-74-64(68)69)82-57(94)46(26-31-102-3)84-59(96)48(33-39-14-6-4-7-15-39)81-52(90)36-77-51(89)35-78-55(92)43(67)32-41-22-24-42(88)25-23-41/h4-9,14-17,22-25,38,43-50,54,88H,10-13,18-21,26-37,67H2,1-3H3,(H,77,89)(H,78,92)(H,79,98)(H,80,91)(H,81,90)(H,82,94)(H,83,93)(H,84,96)(H,85,97)(H,86,95)(H,100,101)(H4,68,69,74)(H4,70,71,75)(H4,72,73,76). The van der Waals surface area contributed by atoms with Crippen LogP contribution in [0.25, 0.3) is 0 Å². The number of aromatic hydroxyl groups is 1. The number of nitrogens with two attached hydrogens (primary N) is 7. The number of benzene rings is 3. The van der Waals surface area contributed by atoms with Gasteiger partial charge in [0.15, 0.2) is 17.9 Å². The smallest absolute Gasteiger partial charge is 0.326 e. The SMILES string of the molecule is CSCCC(NC(=O)C(Cc1ccccc1)NC(=O)CNC(=O)CNC(=O)C(N)Cc1ccc(O)cc1)C(=O)NC(CCCN=C(N)N)C(=O)NC(CCCN=C(N)N)C(=O)NC(C(=O)NCC(=O)NC(CCCN=C(N)N)C(=O)N1CCCC1C(=O)NC(Cc1ccccc1)C(=O)O)C(C)C. The molecule has 0 aromatic heterocycles. The monoisotopic (exact) mass is 1440 g/mol. The van der Waals surface area contributed by atoms with Crippen LogP contribution in [0.4, 0.5) is 0 Å². The van der Waals surface area contributed by atoms with E-state index < -0.39 is 151 Å². The number of carbonyl (C=O) groups excluding carboxylic acids is 11. The summed E-state index contributed by atoms with van der Waals surface area (Å²) in [4.78, 5) is 178. The van der Waals surface area contributed by atoms with E-state index in [-0.39, 0.29) is 120 Å². The molecule has 3 aromatic carbocycles. The molecular weight excluding hydrogens is 1340 g/mol. The second-order valence-electron chi connectivity index (χ2n) is 24.4. The van der Waals surface area contributed by atoms with Crippen molar-refractivity contribution in [2.45, 2.75) is 145 Å². The summed E-state index contributed by atoms with van der Waals surface area (Å²) in [5.41, 5.74) is 41.3. The maximum absolute atomic E-state index is 14.6. The average Bonchev–Trinajstić information content (AvgIpc) is 1.64. The lowest BCUT2D eigenvalue weighted by Crippen LogP contribution is -2.60. The van der Waals surface area contributed by atoms with E-state index in [0.717, 1.165) is 0 Å². The lowest BCUT2D eigenvalue weighted by Gasteiger charge is -2.30. The predicted molar refractivity (Wildman–Crippen MR) is 383 cm³/mol. The number of phenols is 1. The molecule has 0 aliphatic carbocycles. The number of likely N-dealkylation sites (tertiary alicyclic amines) is 1. The molecule has 36 heteroatoms. The van der Waals surface area contributed by atoms with Crippen LogP contribution in [0.2, 0.25) is 0 Å². The molecule has 1 aliphatic rings. The fourth-order valence-electron chi connectivity index (χ4n) is 10.6. The largest absolute Gasteiger partial charge is 0.508 e. The fraction of sp³-hybridized carbons (Fsp3) is 0.500. The van der Waals surface area contributed by atoms with Gasteiger partial charge in [-0.05, 0) is 111 Å². The third-order valence-electron chi connectivity index (χ3n) is 15.9. The Labute approximate surface area is 595 Å². The molecule has 102 heavy (non-hydrogen) atoms. The maximum atomic E-state index is 14.6. The van der Waals surface area contributed by atoms with E-state index in [0.29, 0.717) is 28.9 Å². The highest BCUT2D eigenvalue weighted by Crippen LogP contribution is 2.21. The molecule has 3 aromatic rings. The number of hydrogen-bond acceptors (Lipinski definition) is 18. The Balaban J connectivity index is 1.50. The Hall–Kier alpha value is -10.8. The van der Waals surface area contributed by atoms with E-state index in [1.807, 2.05) is 0 Å². The van der Waals surface area contributed by atoms with Crippen molar-refractivity contribution in [3.05, 3.63) is 102 Å². The van der Waals surface area contributed by atoms with Gasteiger partial charge in [-0.15, -0.1) is 0 Å². The minimum absolute atomic E-state index is 0.00702. The lowest BCUT2D eigenvalue weighted by molar-refractivity contribution is -0.145. The number of carbonyl (C=O) groups is 12. The highest BCUT2D eigenvalue weighted by Gasteiger charge is 2.40. The highest BCUT2D eigenvalue weighted by atomic mass is 32.2. The van der Waals surface area contributed by atoms with E-state index in [1.165, 1.54) is 28.8 Å². The number of aliphatic carboxylic acids is 1. The summed E-state index contributed by atoms with van der Waals surface area (Å²) in [5.74, 6) is -11.0. The quantitative estimate of drug-likeness (QED) is 0.0143. The van der Waals surface area contributed by atoms with Crippen molar-refractivity contribution in [1.29, 1.82) is 0 Å². The Bertz CT molecular complexity index is 3380. The lowest BCUT2D eigenvalue weighted by atomic mass is 10.0. The van der Waals surface area contributed by atoms with E-state index >= 15 is 0 Å². The van der Waals surface area contributed by atoms with Gasteiger partial charge < -0.3 is 108 Å². The molecule has 9 atom stereocenters. The topological polar surface area (TPSA) is 588 Å². The summed E-state index contributed by atoms with van der Waals surface area (Å²) in [6.45, 7) is 1.47. The van der Waals surface area contributed by atoms with Gasteiger partial charge in [0.25, 0.3) is 0 Å². The molecule has 26 N–H and O–H groups in total. The number of nitrogens with zero attached hydrogens (tertiary/aromatic N) is 4. The van der Waals surface area contributed by atoms with E-state index in [1.54, 1.807) is 92.9 Å². The fourth-order valence-corrected chi connectivity index (χ4v) is 11.1. The van der Waals surface area contributed by atoms with Crippen LogP contribution >= 0.6 is 11.8 Å². The zero-order chi connectivity index (χ0) is 75.3. The number of phenolic OH excluding ortho intramolecular Hbond substituents is 1. The second kappa shape index (κ2) is 44.4. The van der Waals surface area contributed by atoms with Crippen LogP contribution in [-0.4, -0.2) is 216 Å². The van der Waals surface area contributed by atoms with Gasteiger partial charge in [-0.2, -0.15) is 11.8 Å². The van der Waals surface area contributed by atoms with Crippen LogP contribution in [0.5, 0.6) is 5.75 Å². The third kappa shape index (κ3) is 31.2. The van der Waals surface area contributed by atoms with Crippen molar-refractivity contribution in [2.75, 3.05) is 57.8 Å². The van der Waals surface area contributed by atoms with Crippen LogP contribution in [0.1, 0.15) is 88.3 Å². The molecule has 11 amide bonds. The van der Waals surface area contributed by atoms with Crippen molar-refractivity contribution in [3.8, 4) is 5.75 Å².